The third-order valence-corrected chi connectivity index (χ3v) is 6.50. The highest BCUT2D eigenvalue weighted by Gasteiger charge is 2.30. The first-order valence-electron chi connectivity index (χ1n) is 9.57. The summed E-state index contributed by atoms with van der Waals surface area (Å²) in [6, 6.07) is 12.9. The van der Waals surface area contributed by atoms with Crippen molar-refractivity contribution in [2.24, 2.45) is 0 Å². The Morgan fingerprint density at radius 3 is 2.25 bits per heavy atom. The minimum Gasteiger partial charge on any atom is -0.399 e. The zero-order valence-electron chi connectivity index (χ0n) is 16.1. The number of anilines is 1. The Balaban J connectivity index is 1.84. The molecule has 1 fully saturated rings. The average molecular weight is 402 g/mol. The number of aryl methyl sites for hydroxylation is 1. The summed E-state index contributed by atoms with van der Waals surface area (Å²) in [5.74, 6) is -0.174. The molecule has 0 aromatic heterocycles. The van der Waals surface area contributed by atoms with Crippen molar-refractivity contribution >= 4 is 21.6 Å². The topological polar surface area (TPSA) is 92.5 Å². The summed E-state index contributed by atoms with van der Waals surface area (Å²) in [6.07, 6.45) is 3.28. The summed E-state index contributed by atoms with van der Waals surface area (Å²) in [5.41, 5.74) is 8.20. The van der Waals surface area contributed by atoms with E-state index in [1.165, 1.54) is 0 Å². The molecule has 0 saturated carbocycles. The molecular formula is C21H27N3O3S. The van der Waals surface area contributed by atoms with E-state index in [1.54, 1.807) is 41.3 Å². The monoisotopic (exact) mass is 401 g/mol. The Kier molecular flexibility index (Phi) is 6.36. The number of hydrogen-bond donors (Lipinski definition) is 2. The molecule has 0 bridgehead atoms. The number of carbonyl (C=O) groups excluding carboxylic acids is 1. The molecule has 6 nitrogen and oxygen atoms in total. The number of sulfonamides is 1. The second-order valence-corrected chi connectivity index (χ2v) is 9.03. The van der Waals surface area contributed by atoms with Gasteiger partial charge >= 0.3 is 0 Å². The third-order valence-electron chi connectivity index (χ3n) is 5.01. The summed E-state index contributed by atoms with van der Waals surface area (Å²) in [7, 11) is -3.81. The fraction of sp³-hybridized carbons (Fsp3) is 0.381. The van der Waals surface area contributed by atoms with Crippen LogP contribution in [0.3, 0.4) is 0 Å². The minimum atomic E-state index is -3.81. The van der Waals surface area contributed by atoms with E-state index in [2.05, 4.69) is 4.72 Å². The lowest BCUT2D eigenvalue weighted by Gasteiger charge is -2.30. The molecule has 7 heteroatoms. The molecule has 1 amide bonds. The average Bonchev–Trinajstić information content (AvgIpc) is 2.69. The largest absolute Gasteiger partial charge is 0.399 e. The van der Waals surface area contributed by atoms with Crippen molar-refractivity contribution in [3.05, 3.63) is 59.7 Å². The van der Waals surface area contributed by atoms with Crippen LogP contribution >= 0.6 is 0 Å². The maximum Gasteiger partial charge on any atom is 0.241 e. The van der Waals surface area contributed by atoms with Crippen LogP contribution in [0.4, 0.5) is 5.69 Å². The van der Waals surface area contributed by atoms with Crippen molar-refractivity contribution in [3.63, 3.8) is 0 Å². The van der Waals surface area contributed by atoms with Gasteiger partial charge in [-0.3, -0.25) is 4.79 Å². The van der Waals surface area contributed by atoms with Gasteiger partial charge in [0.05, 0.1) is 4.90 Å². The summed E-state index contributed by atoms with van der Waals surface area (Å²) in [4.78, 5) is 15.0. The minimum absolute atomic E-state index is 0.159. The van der Waals surface area contributed by atoms with Gasteiger partial charge in [0.1, 0.15) is 6.04 Å². The van der Waals surface area contributed by atoms with Crippen LogP contribution < -0.4 is 10.5 Å². The second kappa shape index (κ2) is 8.75. The van der Waals surface area contributed by atoms with Crippen LogP contribution in [0.25, 0.3) is 0 Å². The molecule has 1 saturated heterocycles. The van der Waals surface area contributed by atoms with Crippen molar-refractivity contribution in [2.75, 3.05) is 18.8 Å². The number of hydrogen-bond acceptors (Lipinski definition) is 4. The molecule has 1 unspecified atom stereocenters. The first-order valence-corrected chi connectivity index (χ1v) is 11.1. The molecule has 1 aliphatic heterocycles. The molecule has 3 N–H and O–H groups in total. The van der Waals surface area contributed by atoms with E-state index in [1.807, 2.05) is 19.1 Å². The van der Waals surface area contributed by atoms with E-state index in [0.29, 0.717) is 18.8 Å². The van der Waals surface area contributed by atoms with E-state index < -0.39 is 16.1 Å². The molecule has 0 aliphatic carbocycles. The molecular weight excluding hydrogens is 374 g/mol. The van der Waals surface area contributed by atoms with Gasteiger partial charge in [0.15, 0.2) is 0 Å². The summed E-state index contributed by atoms with van der Waals surface area (Å²) in [5, 5.41) is 0. The second-order valence-electron chi connectivity index (χ2n) is 7.32. The molecule has 2 aromatic rings. The zero-order chi connectivity index (χ0) is 20.1. The van der Waals surface area contributed by atoms with Crippen LogP contribution in [-0.4, -0.2) is 38.4 Å². The number of benzene rings is 2. The Labute approximate surface area is 166 Å². The lowest BCUT2D eigenvalue weighted by molar-refractivity contribution is -0.133. The van der Waals surface area contributed by atoms with Gasteiger partial charge in [-0.15, -0.1) is 0 Å². The first-order chi connectivity index (χ1) is 13.3. The van der Waals surface area contributed by atoms with Crippen LogP contribution in [0, 0.1) is 6.92 Å². The maximum absolute atomic E-state index is 13.1. The van der Waals surface area contributed by atoms with Gasteiger partial charge in [0, 0.05) is 18.8 Å². The molecule has 1 aliphatic rings. The van der Waals surface area contributed by atoms with E-state index in [0.717, 1.165) is 30.4 Å². The Hall–Kier alpha value is -2.38. The SMILES string of the molecule is Cc1ccc(S(=O)(=O)NC(Cc2ccc(N)cc2)C(=O)N2CCCCC2)cc1. The number of rotatable bonds is 6. The molecule has 150 valence electrons. The molecule has 1 heterocycles. The first kappa shape index (κ1) is 20.4. The number of nitrogens with two attached hydrogens (primary N) is 1. The third kappa shape index (κ3) is 5.11. The van der Waals surface area contributed by atoms with Crippen LogP contribution in [0.1, 0.15) is 30.4 Å². The zero-order valence-corrected chi connectivity index (χ0v) is 16.9. The van der Waals surface area contributed by atoms with E-state index in [9.17, 15) is 13.2 Å². The highest BCUT2D eigenvalue weighted by Crippen LogP contribution is 2.16. The van der Waals surface area contributed by atoms with Gasteiger partial charge in [0.25, 0.3) is 0 Å². The lowest BCUT2D eigenvalue weighted by atomic mass is 10.0. The Morgan fingerprint density at radius 2 is 1.64 bits per heavy atom. The van der Waals surface area contributed by atoms with E-state index in [-0.39, 0.29) is 17.2 Å². The number of amides is 1. The van der Waals surface area contributed by atoms with Crippen molar-refractivity contribution in [2.45, 2.75) is 43.5 Å². The molecule has 28 heavy (non-hydrogen) atoms. The van der Waals surface area contributed by atoms with Crippen molar-refractivity contribution < 1.29 is 13.2 Å². The quantitative estimate of drug-likeness (QED) is 0.728. The molecule has 1 atom stereocenters. The predicted octanol–water partition coefficient (Wildman–Crippen LogP) is 2.48. The standard InChI is InChI=1S/C21H27N3O3S/c1-16-5-11-19(12-6-16)28(26,27)23-20(15-17-7-9-18(22)10-8-17)21(25)24-13-3-2-4-14-24/h5-12,20,23H,2-4,13-15,22H2,1H3. The lowest BCUT2D eigenvalue weighted by Crippen LogP contribution is -2.50. The van der Waals surface area contributed by atoms with Gasteiger partial charge in [-0.1, -0.05) is 29.8 Å². The van der Waals surface area contributed by atoms with Gasteiger partial charge in [-0.25, -0.2) is 8.42 Å². The molecule has 2 aromatic carbocycles. The summed E-state index contributed by atoms with van der Waals surface area (Å²) in [6.45, 7) is 3.24. The number of carbonyl (C=O) groups is 1. The van der Waals surface area contributed by atoms with Crippen molar-refractivity contribution in [1.29, 1.82) is 0 Å². The predicted molar refractivity (Wildman–Crippen MR) is 110 cm³/mol. The Bertz CT molecular complexity index is 903. The number of piperidine rings is 1. The van der Waals surface area contributed by atoms with Gasteiger partial charge in [0.2, 0.25) is 15.9 Å². The number of likely N-dealkylation sites (tertiary alicyclic amines) is 1. The highest BCUT2D eigenvalue weighted by atomic mass is 32.2. The molecule has 0 radical (unpaired) electrons. The normalized spacial score (nSPS) is 16.0. The fourth-order valence-electron chi connectivity index (χ4n) is 3.38. The van der Waals surface area contributed by atoms with Crippen molar-refractivity contribution in [3.8, 4) is 0 Å². The summed E-state index contributed by atoms with van der Waals surface area (Å²) >= 11 is 0. The molecule has 3 rings (SSSR count). The van der Waals surface area contributed by atoms with Gasteiger partial charge in [-0.05, 0) is 62.4 Å². The van der Waals surface area contributed by atoms with Crippen LogP contribution in [0.5, 0.6) is 0 Å². The fourth-order valence-corrected chi connectivity index (χ4v) is 4.57. The van der Waals surface area contributed by atoms with Crippen LogP contribution in [-0.2, 0) is 21.2 Å². The van der Waals surface area contributed by atoms with Crippen LogP contribution in [0.2, 0.25) is 0 Å². The van der Waals surface area contributed by atoms with Crippen LogP contribution in [0.15, 0.2) is 53.4 Å². The summed E-state index contributed by atoms with van der Waals surface area (Å²) < 4.78 is 28.4. The Morgan fingerprint density at radius 1 is 1.04 bits per heavy atom. The van der Waals surface area contributed by atoms with Crippen molar-refractivity contribution in [1.82, 2.24) is 9.62 Å². The van der Waals surface area contributed by atoms with Gasteiger partial charge in [-0.2, -0.15) is 4.72 Å². The smallest absolute Gasteiger partial charge is 0.241 e. The van der Waals surface area contributed by atoms with E-state index >= 15 is 0 Å². The number of nitrogens with one attached hydrogen (secondary N) is 1. The molecule has 0 spiro atoms. The number of nitrogen functional groups attached to an aromatic ring is 1. The maximum atomic E-state index is 13.1. The van der Waals surface area contributed by atoms with E-state index in [4.69, 9.17) is 5.73 Å². The van der Waals surface area contributed by atoms with Gasteiger partial charge < -0.3 is 10.6 Å². The number of nitrogens with zero attached hydrogens (tertiary/aromatic N) is 1. The highest BCUT2D eigenvalue weighted by molar-refractivity contribution is 7.89.